The maximum atomic E-state index is 10.4. The third kappa shape index (κ3) is 3.64. The Hall–Kier alpha value is -2.17. The smallest absolute Gasteiger partial charge is 0.247 e. The van der Waals surface area contributed by atoms with Crippen molar-refractivity contribution in [3.8, 4) is 0 Å². The number of amides is 1. The van der Waals surface area contributed by atoms with Gasteiger partial charge in [-0.1, -0.05) is 18.2 Å². The van der Waals surface area contributed by atoms with Gasteiger partial charge in [0.15, 0.2) is 0 Å². The van der Waals surface area contributed by atoms with Crippen LogP contribution in [0.2, 0.25) is 0 Å². The molecule has 0 spiro atoms. The normalized spacial score (nSPS) is 17.4. The zero-order valence-corrected chi connectivity index (χ0v) is 11.3. The fraction of sp³-hybridized carbons (Fsp3) is 0.357. The molecule has 0 saturated heterocycles. The number of anilines is 1. The minimum atomic E-state index is 0.0694. The monoisotopic (exact) mass is 258 g/mol. The van der Waals surface area contributed by atoms with Gasteiger partial charge in [0.05, 0.1) is 12.1 Å². The first kappa shape index (κ1) is 13.3. The molecule has 2 heterocycles. The van der Waals surface area contributed by atoms with Crippen LogP contribution in [0.3, 0.4) is 0 Å². The Bertz CT molecular complexity index is 495. The van der Waals surface area contributed by atoms with E-state index >= 15 is 0 Å². The molecule has 0 aliphatic carbocycles. The van der Waals surface area contributed by atoms with Crippen molar-refractivity contribution in [3.63, 3.8) is 0 Å². The fourth-order valence-electron chi connectivity index (χ4n) is 1.80. The van der Waals surface area contributed by atoms with Gasteiger partial charge in [0.25, 0.3) is 0 Å². The van der Waals surface area contributed by atoms with Crippen LogP contribution in [0.1, 0.15) is 19.8 Å². The lowest BCUT2D eigenvalue weighted by atomic mass is 10.3. The molecule has 1 amide bonds. The molecule has 0 unspecified atom stereocenters. The highest BCUT2D eigenvalue weighted by Crippen LogP contribution is 2.17. The highest BCUT2D eigenvalue weighted by atomic mass is 16.2. The van der Waals surface area contributed by atoms with Gasteiger partial charge in [-0.3, -0.25) is 9.80 Å². The predicted octanol–water partition coefficient (Wildman–Crippen LogP) is 2.11. The predicted molar refractivity (Wildman–Crippen MR) is 77.4 cm³/mol. The Labute approximate surface area is 113 Å². The quantitative estimate of drug-likeness (QED) is 0.774. The van der Waals surface area contributed by atoms with Crippen molar-refractivity contribution in [3.05, 3.63) is 30.3 Å². The van der Waals surface area contributed by atoms with E-state index in [1.807, 2.05) is 18.2 Å². The van der Waals surface area contributed by atoms with Gasteiger partial charge in [0, 0.05) is 31.9 Å². The summed E-state index contributed by atoms with van der Waals surface area (Å²) in [6, 6.07) is 10.3. The number of rotatable bonds is 1. The van der Waals surface area contributed by atoms with Crippen molar-refractivity contribution >= 4 is 23.5 Å². The van der Waals surface area contributed by atoms with Gasteiger partial charge >= 0.3 is 0 Å². The first-order valence-electron chi connectivity index (χ1n) is 6.32. The molecule has 3 rings (SSSR count). The molecule has 0 fully saturated rings. The Morgan fingerprint density at radius 3 is 2.37 bits per heavy atom. The van der Waals surface area contributed by atoms with Gasteiger partial charge in [0.1, 0.15) is 0 Å². The van der Waals surface area contributed by atoms with E-state index in [0.29, 0.717) is 6.42 Å². The first-order chi connectivity index (χ1) is 9.16. The van der Waals surface area contributed by atoms with E-state index in [1.54, 1.807) is 13.3 Å². The van der Waals surface area contributed by atoms with Gasteiger partial charge < -0.3 is 0 Å². The van der Waals surface area contributed by atoms with E-state index in [-0.39, 0.29) is 5.91 Å². The number of hydrogen-bond donors (Lipinski definition) is 0. The summed E-state index contributed by atoms with van der Waals surface area (Å²) in [6.45, 7) is 3.10. The van der Waals surface area contributed by atoms with Crippen LogP contribution in [0.5, 0.6) is 0 Å². The molecular weight excluding hydrogens is 240 g/mol. The van der Waals surface area contributed by atoms with Gasteiger partial charge in [0.2, 0.25) is 5.91 Å². The lowest BCUT2D eigenvalue weighted by Gasteiger charge is -2.12. The third-order valence-electron chi connectivity index (χ3n) is 2.91. The summed E-state index contributed by atoms with van der Waals surface area (Å²) in [5.41, 5.74) is 2.41. The standard InChI is InChI=1S/C10H12N2.C4H6N2O/c1-9-7-8-12(11-9)10-5-3-2-4-6-10;1-6-4(7)2-3-5-6/h2-6H,7-8H2,1H3;3H,2H2,1H3. The molecule has 0 bridgehead atoms. The van der Waals surface area contributed by atoms with Gasteiger partial charge in [-0.25, -0.2) is 5.01 Å². The molecule has 100 valence electrons. The van der Waals surface area contributed by atoms with E-state index in [2.05, 4.69) is 34.3 Å². The molecule has 2 aliphatic heterocycles. The largest absolute Gasteiger partial charge is 0.273 e. The van der Waals surface area contributed by atoms with Crippen molar-refractivity contribution in [1.82, 2.24) is 5.01 Å². The van der Waals surface area contributed by atoms with E-state index in [1.165, 1.54) is 16.4 Å². The molecule has 19 heavy (non-hydrogen) atoms. The molecule has 1 aromatic carbocycles. The zero-order valence-electron chi connectivity index (χ0n) is 11.3. The number of benzene rings is 1. The molecule has 0 radical (unpaired) electrons. The SMILES string of the molecule is CC1=NN(c2ccccc2)CC1.CN1N=CCC1=O. The summed E-state index contributed by atoms with van der Waals surface area (Å²) in [5, 5.41) is 11.5. The number of hydrogen-bond acceptors (Lipinski definition) is 4. The highest BCUT2D eigenvalue weighted by Gasteiger charge is 2.11. The van der Waals surface area contributed by atoms with Gasteiger partial charge in [-0.15, -0.1) is 0 Å². The second-order valence-electron chi connectivity index (χ2n) is 4.46. The first-order valence-corrected chi connectivity index (χ1v) is 6.32. The van der Waals surface area contributed by atoms with Crippen LogP contribution in [-0.2, 0) is 4.79 Å². The number of hydrazone groups is 2. The van der Waals surface area contributed by atoms with Crippen LogP contribution in [0.4, 0.5) is 5.69 Å². The van der Waals surface area contributed by atoms with E-state index in [4.69, 9.17) is 0 Å². The van der Waals surface area contributed by atoms with E-state index < -0.39 is 0 Å². The second kappa shape index (κ2) is 6.13. The molecule has 2 aliphatic rings. The summed E-state index contributed by atoms with van der Waals surface area (Å²) in [5.74, 6) is 0.0694. The van der Waals surface area contributed by atoms with Crippen molar-refractivity contribution in [2.75, 3.05) is 18.6 Å². The van der Waals surface area contributed by atoms with Crippen LogP contribution < -0.4 is 5.01 Å². The average Bonchev–Trinajstić information content (AvgIpc) is 3.01. The van der Waals surface area contributed by atoms with E-state index in [9.17, 15) is 4.79 Å². The van der Waals surface area contributed by atoms with Crippen LogP contribution in [-0.4, -0.2) is 36.4 Å². The molecule has 5 nitrogen and oxygen atoms in total. The number of para-hydroxylation sites is 1. The maximum absolute atomic E-state index is 10.4. The highest BCUT2D eigenvalue weighted by molar-refractivity contribution is 5.93. The fourth-order valence-corrected chi connectivity index (χ4v) is 1.80. The molecule has 0 aromatic heterocycles. The average molecular weight is 258 g/mol. The molecule has 0 N–H and O–H groups in total. The Morgan fingerprint density at radius 2 is 1.95 bits per heavy atom. The summed E-state index contributed by atoms with van der Waals surface area (Å²) in [6.07, 6.45) is 3.16. The number of carbonyl (C=O) groups is 1. The molecule has 5 heteroatoms. The minimum absolute atomic E-state index is 0.0694. The van der Waals surface area contributed by atoms with Crippen LogP contribution in [0.15, 0.2) is 40.5 Å². The van der Waals surface area contributed by atoms with Gasteiger partial charge in [-0.05, 0) is 19.1 Å². The van der Waals surface area contributed by atoms with Crippen molar-refractivity contribution < 1.29 is 4.79 Å². The van der Waals surface area contributed by atoms with Crippen molar-refractivity contribution in [2.24, 2.45) is 10.2 Å². The maximum Gasteiger partial charge on any atom is 0.247 e. The molecule has 1 aromatic rings. The Kier molecular flexibility index (Phi) is 4.28. The lowest BCUT2D eigenvalue weighted by Crippen LogP contribution is -2.13. The van der Waals surface area contributed by atoms with Crippen LogP contribution in [0, 0.1) is 0 Å². The summed E-state index contributed by atoms with van der Waals surface area (Å²) < 4.78 is 0. The minimum Gasteiger partial charge on any atom is -0.273 e. The summed E-state index contributed by atoms with van der Waals surface area (Å²) in [7, 11) is 1.64. The summed E-state index contributed by atoms with van der Waals surface area (Å²) >= 11 is 0. The zero-order chi connectivity index (χ0) is 13.7. The van der Waals surface area contributed by atoms with Gasteiger partial charge in [-0.2, -0.15) is 10.2 Å². The van der Waals surface area contributed by atoms with Crippen molar-refractivity contribution in [2.45, 2.75) is 19.8 Å². The molecule has 0 atom stereocenters. The molecular formula is C14H18N4O. The lowest BCUT2D eigenvalue weighted by molar-refractivity contribution is -0.127. The van der Waals surface area contributed by atoms with Crippen LogP contribution in [0.25, 0.3) is 0 Å². The van der Waals surface area contributed by atoms with Crippen LogP contribution >= 0.6 is 0 Å². The van der Waals surface area contributed by atoms with Crippen molar-refractivity contribution in [1.29, 1.82) is 0 Å². The second-order valence-corrected chi connectivity index (χ2v) is 4.46. The number of carbonyl (C=O) groups excluding carboxylic acids is 1. The summed E-state index contributed by atoms with van der Waals surface area (Å²) in [4.78, 5) is 10.4. The third-order valence-corrected chi connectivity index (χ3v) is 2.91. The Balaban J connectivity index is 0.000000163. The number of nitrogens with zero attached hydrogens (tertiary/aromatic N) is 4. The van der Waals surface area contributed by atoms with E-state index in [0.717, 1.165) is 13.0 Å². The Morgan fingerprint density at radius 1 is 1.21 bits per heavy atom. The topological polar surface area (TPSA) is 48.3 Å². The molecule has 0 saturated carbocycles.